The molecule has 0 amide bonds. The summed E-state index contributed by atoms with van der Waals surface area (Å²) in [5.74, 6) is -3.04. The SMILES string of the molecule is CCCCCc1ccc(-c2ccc(C3CCC(CCc4ccc(OCC)c(F)c4F)CC3)c(F)c2F)cc1. The van der Waals surface area contributed by atoms with Crippen molar-refractivity contribution >= 4 is 0 Å². The first-order valence-electron chi connectivity index (χ1n) is 14.1. The molecule has 5 heteroatoms. The van der Waals surface area contributed by atoms with Crippen molar-refractivity contribution < 1.29 is 22.3 Å². The fourth-order valence-electron chi connectivity index (χ4n) is 5.69. The molecule has 0 heterocycles. The van der Waals surface area contributed by atoms with Gasteiger partial charge in [-0.1, -0.05) is 62.2 Å². The number of unbranched alkanes of at least 4 members (excludes halogenated alkanes) is 2. The van der Waals surface area contributed by atoms with Crippen LogP contribution in [0.4, 0.5) is 17.6 Å². The molecule has 1 nitrogen and oxygen atoms in total. The second kappa shape index (κ2) is 13.3. The molecule has 1 fully saturated rings. The number of aryl methyl sites for hydroxylation is 2. The zero-order chi connectivity index (χ0) is 27.1. The standard InChI is InChI=1S/C33H38F4O/c1-3-5-6-7-22-8-13-24(14-9-22)27-19-20-28(32(36)31(27)35)25-15-10-23(11-16-25)12-17-26-18-21-29(38-4-2)33(37)30(26)34/h8-9,13-14,18-21,23,25H,3-7,10-12,15-17H2,1-2H3. The normalized spacial score (nSPS) is 17.5. The van der Waals surface area contributed by atoms with Crippen molar-refractivity contribution in [2.45, 2.75) is 84.0 Å². The van der Waals surface area contributed by atoms with Crippen LogP contribution in [0.1, 0.15) is 87.8 Å². The number of rotatable bonds is 11. The van der Waals surface area contributed by atoms with E-state index in [1.54, 1.807) is 25.1 Å². The molecule has 3 aromatic carbocycles. The lowest BCUT2D eigenvalue weighted by atomic mass is 9.76. The summed E-state index contributed by atoms with van der Waals surface area (Å²) in [6, 6.07) is 14.3. The summed E-state index contributed by atoms with van der Waals surface area (Å²) in [5.41, 5.74) is 3.00. The second-order valence-corrected chi connectivity index (χ2v) is 10.5. The highest BCUT2D eigenvalue weighted by Gasteiger charge is 2.27. The van der Waals surface area contributed by atoms with Gasteiger partial charge in [-0.3, -0.25) is 0 Å². The van der Waals surface area contributed by atoms with Crippen LogP contribution >= 0.6 is 0 Å². The maximum atomic E-state index is 15.2. The summed E-state index contributed by atoms with van der Waals surface area (Å²) < 4.78 is 64.0. The van der Waals surface area contributed by atoms with Crippen LogP contribution in [0, 0.1) is 29.2 Å². The molecule has 0 aliphatic heterocycles. The lowest BCUT2D eigenvalue weighted by Crippen LogP contribution is -2.16. The monoisotopic (exact) mass is 526 g/mol. The van der Waals surface area contributed by atoms with Crippen LogP contribution in [0.5, 0.6) is 5.75 Å². The van der Waals surface area contributed by atoms with Crippen molar-refractivity contribution in [3.8, 4) is 16.9 Å². The molecule has 3 aromatic rings. The minimum atomic E-state index is -0.933. The Balaban J connectivity index is 1.34. The third-order valence-corrected chi connectivity index (χ3v) is 7.98. The first-order valence-corrected chi connectivity index (χ1v) is 14.1. The van der Waals surface area contributed by atoms with Crippen LogP contribution in [0.25, 0.3) is 11.1 Å². The van der Waals surface area contributed by atoms with E-state index in [2.05, 4.69) is 6.92 Å². The third-order valence-electron chi connectivity index (χ3n) is 7.98. The predicted molar refractivity (Wildman–Crippen MR) is 146 cm³/mol. The summed E-state index contributed by atoms with van der Waals surface area (Å²) >= 11 is 0. The molecule has 1 aliphatic carbocycles. The average Bonchev–Trinajstić information content (AvgIpc) is 2.93. The molecule has 0 spiro atoms. The van der Waals surface area contributed by atoms with E-state index in [0.29, 0.717) is 34.6 Å². The van der Waals surface area contributed by atoms with Crippen molar-refractivity contribution in [1.82, 2.24) is 0 Å². The highest BCUT2D eigenvalue weighted by Crippen LogP contribution is 2.40. The Morgan fingerprint density at radius 2 is 1.45 bits per heavy atom. The van der Waals surface area contributed by atoms with Gasteiger partial charge in [0.05, 0.1) is 6.61 Å². The Morgan fingerprint density at radius 3 is 2.13 bits per heavy atom. The van der Waals surface area contributed by atoms with Crippen LogP contribution < -0.4 is 4.74 Å². The van der Waals surface area contributed by atoms with Gasteiger partial charge in [-0.25, -0.2) is 13.2 Å². The minimum Gasteiger partial charge on any atom is -0.491 e. The Morgan fingerprint density at radius 1 is 0.711 bits per heavy atom. The smallest absolute Gasteiger partial charge is 0.200 e. The number of hydrogen-bond acceptors (Lipinski definition) is 1. The van der Waals surface area contributed by atoms with Gasteiger partial charge in [0.25, 0.3) is 0 Å². The topological polar surface area (TPSA) is 9.23 Å². The number of ether oxygens (including phenoxy) is 1. The molecule has 38 heavy (non-hydrogen) atoms. The van der Waals surface area contributed by atoms with Crippen LogP contribution in [0.2, 0.25) is 0 Å². The number of halogens is 4. The molecular formula is C33H38F4O. The second-order valence-electron chi connectivity index (χ2n) is 10.5. The van der Waals surface area contributed by atoms with Crippen molar-refractivity contribution in [2.75, 3.05) is 6.61 Å². The molecule has 1 saturated carbocycles. The van der Waals surface area contributed by atoms with Crippen LogP contribution in [-0.2, 0) is 12.8 Å². The van der Waals surface area contributed by atoms with Gasteiger partial charge in [0.1, 0.15) is 0 Å². The van der Waals surface area contributed by atoms with Gasteiger partial charge in [0, 0.05) is 5.56 Å². The number of hydrogen-bond donors (Lipinski definition) is 0. The van der Waals surface area contributed by atoms with E-state index < -0.39 is 23.3 Å². The Hall–Kier alpha value is -2.82. The molecule has 0 unspecified atom stereocenters. The fraction of sp³-hybridized carbons (Fsp3) is 0.455. The third kappa shape index (κ3) is 6.59. The summed E-state index contributed by atoms with van der Waals surface area (Å²) in [7, 11) is 0. The quantitative estimate of drug-likeness (QED) is 0.178. The molecule has 4 rings (SSSR count). The maximum absolute atomic E-state index is 15.2. The summed E-state index contributed by atoms with van der Waals surface area (Å²) in [6.07, 6.45) is 8.89. The zero-order valence-electron chi connectivity index (χ0n) is 22.5. The van der Waals surface area contributed by atoms with Gasteiger partial charge >= 0.3 is 0 Å². The highest BCUT2D eigenvalue weighted by atomic mass is 19.2. The summed E-state index contributed by atoms with van der Waals surface area (Å²) in [4.78, 5) is 0. The molecule has 0 radical (unpaired) electrons. The Labute approximate surface area is 224 Å². The molecule has 0 saturated heterocycles. The van der Waals surface area contributed by atoms with E-state index in [0.717, 1.165) is 44.9 Å². The van der Waals surface area contributed by atoms with E-state index in [4.69, 9.17) is 4.74 Å². The average molecular weight is 527 g/mol. The largest absolute Gasteiger partial charge is 0.491 e. The minimum absolute atomic E-state index is 0.0320. The Kier molecular flexibility index (Phi) is 9.87. The van der Waals surface area contributed by atoms with E-state index in [9.17, 15) is 8.78 Å². The van der Waals surface area contributed by atoms with Crippen molar-refractivity contribution in [3.05, 3.63) is 88.5 Å². The molecule has 0 bridgehead atoms. The lowest BCUT2D eigenvalue weighted by Gasteiger charge is -2.29. The molecule has 0 aromatic heterocycles. The lowest BCUT2D eigenvalue weighted by molar-refractivity contribution is 0.301. The molecule has 0 atom stereocenters. The zero-order valence-corrected chi connectivity index (χ0v) is 22.5. The van der Waals surface area contributed by atoms with Crippen molar-refractivity contribution in [2.24, 2.45) is 5.92 Å². The molecule has 0 N–H and O–H groups in total. The van der Waals surface area contributed by atoms with Crippen molar-refractivity contribution in [1.29, 1.82) is 0 Å². The molecular weight excluding hydrogens is 488 g/mol. The first kappa shape index (κ1) is 28.2. The number of benzene rings is 3. The van der Waals surface area contributed by atoms with Gasteiger partial charge in [-0.05, 0) is 98.4 Å². The van der Waals surface area contributed by atoms with Gasteiger partial charge < -0.3 is 4.74 Å². The Bertz CT molecular complexity index is 1200. The predicted octanol–water partition coefficient (Wildman–Crippen LogP) is 9.95. The fourth-order valence-corrected chi connectivity index (χ4v) is 5.69. The molecule has 1 aliphatic rings. The summed E-state index contributed by atoms with van der Waals surface area (Å²) in [6.45, 7) is 4.18. The first-order chi connectivity index (χ1) is 18.4. The van der Waals surface area contributed by atoms with Gasteiger partial charge in [-0.15, -0.1) is 0 Å². The molecule has 204 valence electrons. The van der Waals surface area contributed by atoms with E-state index in [-0.39, 0.29) is 18.3 Å². The summed E-state index contributed by atoms with van der Waals surface area (Å²) in [5, 5.41) is 0. The van der Waals surface area contributed by atoms with E-state index in [1.807, 2.05) is 24.3 Å². The van der Waals surface area contributed by atoms with Gasteiger partial charge in [0.2, 0.25) is 5.82 Å². The van der Waals surface area contributed by atoms with E-state index >= 15 is 8.78 Å². The van der Waals surface area contributed by atoms with Crippen molar-refractivity contribution in [3.63, 3.8) is 0 Å². The van der Waals surface area contributed by atoms with E-state index in [1.165, 1.54) is 24.5 Å². The van der Waals surface area contributed by atoms with Crippen LogP contribution in [0.15, 0.2) is 48.5 Å². The van der Waals surface area contributed by atoms with Gasteiger partial charge in [-0.2, -0.15) is 4.39 Å². The highest BCUT2D eigenvalue weighted by molar-refractivity contribution is 5.65. The maximum Gasteiger partial charge on any atom is 0.200 e. The van der Waals surface area contributed by atoms with Crippen LogP contribution in [0.3, 0.4) is 0 Å². The van der Waals surface area contributed by atoms with Crippen LogP contribution in [-0.4, -0.2) is 6.61 Å². The van der Waals surface area contributed by atoms with Gasteiger partial charge in [0.15, 0.2) is 23.2 Å².